The maximum absolute atomic E-state index is 14.5. The molecule has 0 aromatic heterocycles. The Bertz CT molecular complexity index is 1050. The monoisotopic (exact) mass is 448 g/mol. The van der Waals surface area contributed by atoms with Gasteiger partial charge in [-0.25, -0.2) is 22.0 Å². The molecule has 0 heterocycles. The summed E-state index contributed by atoms with van der Waals surface area (Å²) in [5.74, 6) is -3.68. The van der Waals surface area contributed by atoms with Crippen molar-refractivity contribution in [1.82, 2.24) is 0 Å². The summed E-state index contributed by atoms with van der Waals surface area (Å²) < 4.78 is 75.4. The predicted octanol–water partition coefficient (Wildman–Crippen LogP) is 6.91. The van der Waals surface area contributed by atoms with Crippen molar-refractivity contribution in [3.05, 3.63) is 99.4 Å². The average Bonchev–Trinajstić information content (AvgIpc) is 2.72. The van der Waals surface area contributed by atoms with Gasteiger partial charge in [0.2, 0.25) is 0 Å². The van der Waals surface area contributed by atoms with Crippen LogP contribution in [0.15, 0.2) is 42.5 Å². The molecule has 32 heavy (non-hydrogen) atoms. The predicted molar refractivity (Wildman–Crippen MR) is 114 cm³/mol. The molecule has 0 fully saturated rings. The number of hydrogen-bond acceptors (Lipinski definition) is 1. The Morgan fingerprint density at radius 2 is 1.12 bits per heavy atom. The van der Waals surface area contributed by atoms with Crippen molar-refractivity contribution >= 4 is 0 Å². The molecule has 0 aliphatic heterocycles. The lowest BCUT2D eigenvalue weighted by Crippen LogP contribution is -2.02. The van der Waals surface area contributed by atoms with E-state index < -0.39 is 34.8 Å². The van der Waals surface area contributed by atoms with E-state index in [1.807, 2.05) is 6.92 Å². The van der Waals surface area contributed by atoms with Crippen LogP contribution in [0.4, 0.5) is 22.0 Å². The van der Waals surface area contributed by atoms with E-state index in [0.717, 1.165) is 6.42 Å². The molecule has 0 bridgehead atoms. The minimum absolute atomic E-state index is 0.00195. The molecule has 0 aliphatic carbocycles. The normalized spacial score (nSPS) is 11.1. The maximum Gasteiger partial charge on any atom is 0.190 e. The van der Waals surface area contributed by atoms with Gasteiger partial charge < -0.3 is 4.74 Å². The van der Waals surface area contributed by atoms with Crippen molar-refractivity contribution in [2.24, 2.45) is 0 Å². The number of ether oxygens (including phenoxy) is 1. The van der Waals surface area contributed by atoms with Crippen LogP contribution in [0.1, 0.15) is 41.2 Å². The van der Waals surface area contributed by atoms with Crippen LogP contribution in [0.3, 0.4) is 0 Å². The van der Waals surface area contributed by atoms with Gasteiger partial charge in [-0.2, -0.15) is 0 Å². The van der Waals surface area contributed by atoms with Crippen LogP contribution in [0.2, 0.25) is 0 Å². The lowest BCUT2D eigenvalue weighted by Gasteiger charge is -2.10. The molecule has 0 amide bonds. The molecule has 0 N–H and O–H groups in total. The molecule has 0 saturated carbocycles. The molecule has 1 nitrogen and oxygen atoms in total. The minimum atomic E-state index is -0.805. The quantitative estimate of drug-likeness (QED) is 0.323. The molecule has 6 heteroatoms. The van der Waals surface area contributed by atoms with Crippen molar-refractivity contribution in [2.45, 2.75) is 45.4 Å². The van der Waals surface area contributed by atoms with Crippen molar-refractivity contribution in [3.63, 3.8) is 0 Å². The summed E-state index contributed by atoms with van der Waals surface area (Å²) in [6.45, 7) is 1.94. The van der Waals surface area contributed by atoms with E-state index >= 15 is 0 Å². The molecule has 0 saturated heterocycles. The third-order valence-corrected chi connectivity index (χ3v) is 5.47. The Labute approximate surface area is 184 Å². The summed E-state index contributed by atoms with van der Waals surface area (Å²) in [7, 11) is 1.18. The summed E-state index contributed by atoms with van der Waals surface area (Å²) in [5.41, 5.74) is 2.02. The zero-order valence-corrected chi connectivity index (χ0v) is 18.1. The van der Waals surface area contributed by atoms with Crippen molar-refractivity contribution in [1.29, 1.82) is 0 Å². The van der Waals surface area contributed by atoms with Gasteiger partial charge in [0.25, 0.3) is 0 Å². The molecule has 0 atom stereocenters. The number of aryl methyl sites for hydroxylation is 4. The van der Waals surface area contributed by atoms with Crippen molar-refractivity contribution in [2.75, 3.05) is 7.11 Å². The lowest BCUT2D eigenvalue weighted by atomic mass is 9.98. The van der Waals surface area contributed by atoms with E-state index in [1.54, 1.807) is 12.1 Å². The first-order chi connectivity index (χ1) is 15.3. The summed E-state index contributed by atoms with van der Waals surface area (Å²) in [5, 5.41) is 0. The van der Waals surface area contributed by atoms with Crippen LogP contribution in [-0.4, -0.2) is 7.11 Å². The molecular formula is C26H25F5O. The highest BCUT2D eigenvalue weighted by Gasteiger charge is 2.14. The number of methoxy groups -OCH3 is 1. The average molecular weight is 448 g/mol. The van der Waals surface area contributed by atoms with Gasteiger partial charge in [-0.15, -0.1) is 0 Å². The Kier molecular flexibility index (Phi) is 7.89. The first-order valence-electron chi connectivity index (χ1n) is 10.6. The number of benzene rings is 3. The van der Waals surface area contributed by atoms with Crippen LogP contribution >= 0.6 is 0 Å². The second-order valence-electron chi connectivity index (χ2n) is 7.81. The highest BCUT2D eigenvalue weighted by atomic mass is 19.1. The van der Waals surface area contributed by atoms with Gasteiger partial charge >= 0.3 is 0 Å². The molecule has 0 spiro atoms. The zero-order valence-electron chi connectivity index (χ0n) is 18.1. The second kappa shape index (κ2) is 10.6. The van der Waals surface area contributed by atoms with Gasteiger partial charge in [-0.3, -0.25) is 0 Å². The fourth-order valence-corrected chi connectivity index (χ4v) is 3.78. The largest absolute Gasteiger partial charge is 0.491 e. The highest BCUT2D eigenvalue weighted by molar-refractivity contribution is 5.33. The number of halogens is 5. The zero-order chi connectivity index (χ0) is 23.3. The Hall–Kier alpha value is -2.89. The van der Waals surface area contributed by atoms with Gasteiger partial charge in [-0.05, 0) is 84.7 Å². The molecule has 0 aliphatic rings. The fourth-order valence-electron chi connectivity index (χ4n) is 3.78. The Balaban J connectivity index is 1.65. The molecular weight excluding hydrogens is 423 g/mol. The molecule has 3 aromatic carbocycles. The topological polar surface area (TPSA) is 9.23 Å². The van der Waals surface area contributed by atoms with Gasteiger partial charge in [0.1, 0.15) is 17.5 Å². The van der Waals surface area contributed by atoms with Crippen LogP contribution in [0.5, 0.6) is 5.75 Å². The Morgan fingerprint density at radius 1 is 0.594 bits per heavy atom. The van der Waals surface area contributed by atoms with E-state index in [-0.39, 0.29) is 31.2 Å². The van der Waals surface area contributed by atoms with Crippen LogP contribution < -0.4 is 4.74 Å². The fraction of sp³-hybridized carbons (Fsp3) is 0.308. The third kappa shape index (κ3) is 5.67. The Morgan fingerprint density at radius 3 is 1.69 bits per heavy atom. The van der Waals surface area contributed by atoms with Crippen LogP contribution in [0, 0.1) is 29.1 Å². The standard InChI is InChI=1S/C26H25F5O/c1-3-4-17-12-22(28)20(23(29)13-17)10-7-16-5-8-19(21(27)11-16)9-6-18-14-24(30)26(32-2)25(31)15-18/h5,8,11-15H,3-4,6-7,9-10H2,1-2H3. The number of rotatable bonds is 9. The second-order valence-corrected chi connectivity index (χ2v) is 7.81. The van der Waals surface area contributed by atoms with Gasteiger partial charge in [0.05, 0.1) is 7.11 Å². The molecule has 0 radical (unpaired) electrons. The van der Waals surface area contributed by atoms with Gasteiger partial charge in [0, 0.05) is 5.56 Å². The first kappa shape index (κ1) is 23.8. The van der Waals surface area contributed by atoms with Gasteiger partial charge in [0.15, 0.2) is 17.4 Å². The van der Waals surface area contributed by atoms with E-state index in [2.05, 4.69) is 4.74 Å². The first-order valence-corrected chi connectivity index (χ1v) is 10.6. The van der Waals surface area contributed by atoms with Crippen LogP contribution in [-0.2, 0) is 32.1 Å². The SMILES string of the molecule is CCCc1cc(F)c(CCc2ccc(CCc3cc(F)c(OC)c(F)c3)c(F)c2)c(F)c1. The molecule has 3 aromatic rings. The van der Waals surface area contributed by atoms with Crippen molar-refractivity contribution < 1.29 is 26.7 Å². The third-order valence-electron chi connectivity index (χ3n) is 5.47. The molecule has 170 valence electrons. The summed E-state index contributed by atoms with van der Waals surface area (Å²) >= 11 is 0. The highest BCUT2D eigenvalue weighted by Crippen LogP contribution is 2.24. The van der Waals surface area contributed by atoms with Gasteiger partial charge in [-0.1, -0.05) is 25.5 Å². The summed E-state index contributed by atoms with van der Waals surface area (Å²) in [6.07, 6.45) is 2.30. The molecule has 3 rings (SSSR count). The summed E-state index contributed by atoms with van der Waals surface area (Å²) in [4.78, 5) is 0. The number of hydrogen-bond donors (Lipinski definition) is 0. The van der Waals surface area contributed by atoms with E-state index in [4.69, 9.17) is 0 Å². The van der Waals surface area contributed by atoms with Crippen LogP contribution in [0.25, 0.3) is 0 Å². The minimum Gasteiger partial charge on any atom is -0.491 e. The molecule has 0 unspecified atom stereocenters. The lowest BCUT2D eigenvalue weighted by molar-refractivity contribution is 0.359. The smallest absolute Gasteiger partial charge is 0.190 e. The van der Waals surface area contributed by atoms with E-state index in [1.165, 1.54) is 37.4 Å². The summed E-state index contributed by atoms with van der Waals surface area (Å²) in [6, 6.07) is 9.69. The van der Waals surface area contributed by atoms with E-state index in [0.29, 0.717) is 28.7 Å². The van der Waals surface area contributed by atoms with E-state index in [9.17, 15) is 22.0 Å². The maximum atomic E-state index is 14.5. The van der Waals surface area contributed by atoms with Crippen molar-refractivity contribution in [3.8, 4) is 5.75 Å².